The molecule has 6 aliphatic carbocycles. The lowest BCUT2D eigenvalue weighted by Crippen LogP contribution is -2.69. The zero-order valence-electron chi connectivity index (χ0n) is 19.8. The minimum absolute atomic E-state index is 0.0317. The molecule has 4 fully saturated rings. The van der Waals surface area contributed by atoms with Crippen molar-refractivity contribution in [1.29, 1.82) is 0 Å². The van der Waals surface area contributed by atoms with Gasteiger partial charge in [0, 0.05) is 23.7 Å². The second kappa shape index (κ2) is 6.25. The minimum Gasteiger partial charge on any atom is -0.463 e. The van der Waals surface area contributed by atoms with Crippen molar-refractivity contribution < 1.29 is 28.7 Å². The van der Waals surface area contributed by atoms with E-state index in [1.165, 1.54) is 12.5 Å². The molecule has 2 spiro atoms. The molecule has 3 saturated carbocycles. The van der Waals surface area contributed by atoms with Crippen molar-refractivity contribution in [2.24, 2.45) is 45.3 Å². The summed E-state index contributed by atoms with van der Waals surface area (Å²) in [6.07, 6.45) is 11.0. The van der Waals surface area contributed by atoms with E-state index in [4.69, 9.17) is 9.47 Å². The molecule has 6 heteroatoms. The molecule has 7 aliphatic rings. The summed E-state index contributed by atoms with van der Waals surface area (Å²) < 4.78 is 11.0. The van der Waals surface area contributed by atoms with Gasteiger partial charge in [0.1, 0.15) is 11.9 Å². The van der Waals surface area contributed by atoms with Crippen molar-refractivity contribution in [3.05, 3.63) is 23.8 Å². The Morgan fingerprint density at radius 1 is 1.03 bits per heavy atom. The van der Waals surface area contributed by atoms with Crippen LogP contribution < -0.4 is 0 Å². The number of cyclic esters (lactones) is 2. The topological polar surface area (TPSA) is 86.7 Å². The van der Waals surface area contributed by atoms with Gasteiger partial charge in [0.25, 0.3) is 0 Å². The number of rotatable bonds is 2. The van der Waals surface area contributed by atoms with Crippen LogP contribution in [0.25, 0.3) is 0 Å². The van der Waals surface area contributed by atoms with Crippen LogP contribution in [0.4, 0.5) is 0 Å². The van der Waals surface area contributed by atoms with Crippen molar-refractivity contribution in [2.45, 2.75) is 72.3 Å². The number of ether oxygens (including phenoxy) is 2. The molecule has 9 atom stereocenters. The summed E-state index contributed by atoms with van der Waals surface area (Å²) in [7, 11) is 0. The number of allylic oxidation sites excluding steroid dienone is 4. The Morgan fingerprint density at radius 2 is 1.76 bits per heavy atom. The highest BCUT2D eigenvalue weighted by Gasteiger charge is 2.79. The Labute approximate surface area is 194 Å². The summed E-state index contributed by atoms with van der Waals surface area (Å²) in [6.45, 7) is 7.55. The summed E-state index contributed by atoms with van der Waals surface area (Å²) in [5.41, 5.74) is -0.495. The van der Waals surface area contributed by atoms with Crippen molar-refractivity contribution >= 4 is 23.7 Å². The van der Waals surface area contributed by atoms with Gasteiger partial charge in [0.15, 0.2) is 0 Å². The Balaban J connectivity index is 1.58. The SMILES string of the molecule is CC(=O)O[C@@H]1CC[C@]2(C)C3=CC[C@]4(C)[C@H](C(C)=O)CC[C@@H]4[C@@]34C=C[C@@]2(C1)[C@H]1C(=O)OC(=O)[C@H]14. The monoisotopic (exact) mass is 452 g/mol. The predicted octanol–water partition coefficient (Wildman–Crippen LogP) is 3.93. The minimum atomic E-state index is -0.612. The van der Waals surface area contributed by atoms with Gasteiger partial charge in [0.2, 0.25) is 0 Å². The van der Waals surface area contributed by atoms with Crippen LogP contribution in [0.2, 0.25) is 0 Å². The van der Waals surface area contributed by atoms with Gasteiger partial charge >= 0.3 is 17.9 Å². The fourth-order valence-electron chi connectivity index (χ4n) is 9.75. The van der Waals surface area contributed by atoms with E-state index in [2.05, 4.69) is 32.1 Å². The molecule has 0 aromatic carbocycles. The van der Waals surface area contributed by atoms with E-state index < -0.39 is 34.6 Å². The highest BCUT2D eigenvalue weighted by molar-refractivity contribution is 5.99. The summed E-state index contributed by atoms with van der Waals surface area (Å²) in [4.78, 5) is 51.0. The van der Waals surface area contributed by atoms with Gasteiger partial charge in [-0.2, -0.15) is 0 Å². The number of carbonyl (C=O) groups excluding carboxylic acids is 4. The van der Waals surface area contributed by atoms with Crippen LogP contribution in [0.1, 0.15) is 66.2 Å². The second-order valence-corrected chi connectivity index (χ2v) is 11.9. The molecule has 1 aliphatic heterocycles. The van der Waals surface area contributed by atoms with Crippen LogP contribution in [0.3, 0.4) is 0 Å². The third-order valence-electron chi connectivity index (χ3n) is 10.9. The van der Waals surface area contributed by atoms with E-state index in [9.17, 15) is 19.2 Å². The van der Waals surface area contributed by atoms with Gasteiger partial charge in [-0.25, -0.2) is 0 Å². The van der Waals surface area contributed by atoms with Gasteiger partial charge < -0.3 is 9.47 Å². The lowest BCUT2D eigenvalue weighted by atomic mass is 9.31. The number of hydrogen-bond acceptors (Lipinski definition) is 6. The highest BCUT2D eigenvalue weighted by atomic mass is 16.6. The van der Waals surface area contributed by atoms with Crippen LogP contribution >= 0.6 is 0 Å². The molecular weight excluding hydrogens is 420 g/mol. The molecule has 6 nitrogen and oxygen atoms in total. The highest BCUT2D eigenvalue weighted by Crippen LogP contribution is 2.80. The van der Waals surface area contributed by atoms with E-state index >= 15 is 0 Å². The van der Waals surface area contributed by atoms with E-state index in [0.29, 0.717) is 6.42 Å². The first-order valence-electron chi connectivity index (χ1n) is 12.4. The predicted molar refractivity (Wildman–Crippen MR) is 117 cm³/mol. The van der Waals surface area contributed by atoms with E-state index in [1.807, 2.05) is 0 Å². The van der Waals surface area contributed by atoms with E-state index in [1.54, 1.807) is 6.92 Å². The standard InChI is InChI=1S/C27H32O6/c1-14(28)17-5-6-18-24(17,3)9-8-19-25(4)10-7-16(32-15(2)29)13-26(25)11-12-27(18,19)21-20(26)22(30)33-23(21)31/h8,11-12,16-18,20-21H,5-7,9-10,13H2,1-4H3/t16-,17+,18+,20-,21+,24-,25-,26-,27+/m1/s1. The molecule has 2 bridgehead atoms. The summed E-state index contributed by atoms with van der Waals surface area (Å²) >= 11 is 0. The lowest BCUT2D eigenvalue weighted by molar-refractivity contribution is -0.175. The number of hydrogen-bond donors (Lipinski definition) is 0. The van der Waals surface area contributed by atoms with Crippen LogP contribution in [0, 0.1) is 45.3 Å². The van der Waals surface area contributed by atoms with Crippen LogP contribution in [0.5, 0.6) is 0 Å². The molecule has 1 heterocycles. The Bertz CT molecular complexity index is 1070. The number of fused-ring (bicyclic) bond motifs is 1. The zero-order chi connectivity index (χ0) is 23.6. The third kappa shape index (κ3) is 2.21. The lowest BCUT2D eigenvalue weighted by Gasteiger charge is -2.71. The molecule has 7 rings (SSSR count). The first-order valence-corrected chi connectivity index (χ1v) is 12.4. The van der Waals surface area contributed by atoms with E-state index in [-0.39, 0.29) is 40.5 Å². The first-order chi connectivity index (χ1) is 15.5. The van der Waals surface area contributed by atoms with Gasteiger partial charge in [0.05, 0.1) is 11.8 Å². The quantitative estimate of drug-likeness (QED) is 0.358. The number of esters is 3. The van der Waals surface area contributed by atoms with Crippen LogP contribution in [-0.2, 0) is 28.7 Å². The molecule has 0 unspecified atom stereocenters. The number of carbonyl (C=O) groups is 4. The van der Waals surface area contributed by atoms with Crippen LogP contribution in [0.15, 0.2) is 23.8 Å². The zero-order valence-corrected chi connectivity index (χ0v) is 19.8. The first kappa shape index (κ1) is 21.3. The molecule has 0 aromatic rings. The molecule has 0 amide bonds. The van der Waals surface area contributed by atoms with Crippen molar-refractivity contribution in [1.82, 2.24) is 0 Å². The molecule has 33 heavy (non-hydrogen) atoms. The van der Waals surface area contributed by atoms with Crippen molar-refractivity contribution in [2.75, 3.05) is 0 Å². The summed E-state index contributed by atoms with van der Waals surface area (Å²) in [5, 5.41) is 0. The Hall–Kier alpha value is -2.24. The summed E-state index contributed by atoms with van der Waals surface area (Å²) in [6, 6.07) is 0. The van der Waals surface area contributed by atoms with Gasteiger partial charge in [-0.1, -0.05) is 37.6 Å². The molecule has 0 radical (unpaired) electrons. The number of Topliss-reactive ketones (excluding diaryl/α,β-unsaturated/α-hetero) is 1. The Morgan fingerprint density at radius 3 is 2.45 bits per heavy atom. The second-order valence-electron chi connectivity index (χ2n) is 11.9. The van der Waals surface area contributed by atoms with E-state index in [0.717, 1.165) is 32.1 Å². The average molecular weight is 453 g/mol. The van der Waals surface area contributed by atoms with Crippen molar-refractivity contribution in [3.63, 3.8) is 0 Å². The normalized spacial score (nSPS) is 51.2. The van der Waals surface area contributed by atoms with Gasteiger partial charge in [-0.3, -0.25) is 19.2 Å². The third-order valence-corrected chi connectivity index (χ3v) is 10.9. The Kier molecular flexibility index (Phi) is 4.03. The maximum absolute atomic E-state index is 13.3. The van der Waals surface area contributed by atoms with Gasteiger partial charge in [-0.05, 0) is 62.2 Å². The summed E-state index contributed by atoms with van der Waals surface area (Å²) in [5.74, 6) is -2.02. The molecular formula is C27H32O6. The smallest absolute Gasteiger partial charge is 0.318 e. The number of ketones is 1. The van der Waals surface area contributed by atoms with Crippen LogP contribution in [-0.4, -0.2) is 29.8 Å². The molecule has 0 aromatic heterocycles. The largest absolute Gasteiger partial charge is 0.463 e. The maximum Gasteiger partial charge on any atom is 0.318 e. The molecule has 0 N–H and O–H groups in total. The molecule has 176 valence electrons. The molecule has 1 saturated heterocycles. The average Bonchev–Trinajstić information content (AvgIpc) is 3.25. The fraction of sp³-hybridized carbons (Fsp3) is 0.704. The van der Waals surface area contributed by atoms with Gasteiger partial charge in [-0.15, -0.1) is 0 Å². The maximum atomic E-state index is 13.3. The fourth-order valence-corrected chi connectivity index (χ4v) is 9.75. The van der Waals surface area contributed by atoms with Crippen molar-refractivity contribution in [3.8, 4) is 0 Å².